The molecule has 1 atom stereocenters. The lowest BCUT2D eigenvalue weighted by Crippen LogP contribution is -2.32. The number of carbonyl (C=O) groups excluding carboxylic acids is 1. The fourth-order valence-corrected chi connectivity index (χ4v) is 2.23. The first kappa shape index (κ1) is 16.9. The van der Waals surface area contributed by atoms with Gasteiger partial charge in [0.25, 0.3) is 0 Å². The second kappa shape index (κ2) is 8.85. The van der Waals surface area contributed by atoms with Gasteiger partial charge in [0.05, 0.1) is 24.1 Å². The van der Waals surface area contributed by atoms with Gasteiger partial charge < -0.3 is 15.7 Å². The fourth-order valence-electron chi connectivity index (χ4n) is 2.23. The highest BCUT2D eigenvalue weighted by Crippen LogP contribution is 2.18. The molecule has 0 saturated carbocycles. The molecule has 0 spiro atoms. The first-order chi connectivity index (χ1) is 11.2. The molecule has 1 aromatic heterocycles. The second-order valence-corrected chi connectivity index (χ2v) is 5.17. The van der Waals surface area contributed by atoms with E-state index in [0.717, 1.165) is 17.8 Å². The van der Waals surface area contributed by atoms with Gasteiger partial charge in [-0.3, -0.25) is 0 Å². The van der Waals surface area contributed by atoms with Crippen LogP contribution >= 0.6 is 0 Å². The van der Waals surface area contributed by atoms with Gasteiger partial charge >= 0.3 is 6.03 Å². The maximum atomic E-state index is 12.2. The Morgan fingerprint density at radius 1 is 1.22 bits per heavy atom. The molecule has 0 saturated heterocycles. The predicted molar refractivity (Wildman–Crippen MR) is 89.1 cm³/mol. The standard InChI is InChI=1S/C17H22N4O2/c1-2-16-18-11-14(12-19-16)20-17(23)21-15(9-6-10-22)13-7-4-3-5-8-13/h3-5,7-8,11-12,15,22H,2,6,9-10H2,1H3,(H2,20,21,23). The van der Waals surface area contributed by atoms with Crippen molar-refractivity contribution in [1.29, 1.82) is 0 Å². The highest BCUT2D eigenvalue weighted by atomic mass is 16.3. The monoisotopic (exact) mass is 314 g/mol. The minimum absolute atomic E-state index is 0.0962. The van der Waals surface area contributed by atoms with Gasteiger partial charge in [-0.15, -0.1) is 0 Å². The summed E-state index contributed by atoms with van der Waals surface area (Å²) in [6.07, 6.45) is 5.23. The van der Waals surface area contributed by atoms with Crippen LogP contribution in [0.2, 0.25) is 0 Å². The maximum Gasteiger partial charge on any atom is 0.319 e. The van der Waals surface area contributed by atoms with Crippen LogP contribution in [0.25, 0.3) is 0 Å². The number of aryl methyl sites for hydroxylation is 1. The van der Waals surface area contributed by atoms with E-state index in [2.05, 4.69) is 20.6 Å². The number of nitrogens with one attached hydrogen (secondary N) is 2. The molecule has 23 heavy (non-hydrogen) atoms. The highest BCUT2D eigenvalue weighted by molar-refractivity contribution is 5.89. The summed E-state index contributed by atoms with van der Waals surface area (Å²) in [5.41, 5.74) is 1.56. The summed E-state index contributed by atoms with van der Waals surface area (Å²) in [5.74, 6) is 0.737. The van der Waals surface area contributed by atoms with E-state index >= 15 is 0 Å². The summed E-state index contributed by atoms with van der Waals surface area (Å²) in [6, 6.07) is 9.24. The molecule has 0 aliphatic rings. The molecule has 6 heteroatoms. The summed E-state index contributed by atoms with van der Waals surface area (Å²) >= 11 is 0. The topological polar surface area (TPSA) is 87.1 Å². The van der Waals surface area contributed by atoms with Crippen molar-refractivity contribution in [2.24, 2.45) is 0 Å². The number of urea groups is 1. The van der Waals surface area contributed by atoms with Crippen LogP contribution in [0, 0.1) is 0 Å². The van der Waals surface area contributed by atoms with Crippen molar-refractivity contribution >= 4 is 11.7 Å². The lowest BCUT2D eigenvalue weighted by molar-refractivity contribution is 0.243. The van der Waals surface area contributed by atoms with E-state index in [4.69, 9.17) is 5.11 Å². The molecule has 2 aromatic rings. The van der Waals surface area contributed by atoms with Crippen LogP contribution in [0.3, 0.4) is 0 Å². The number of aliphatic hydroxyl groups is 1. The zero-order valence-corrected chi connectivity index (χ0v) is 13.2. The first-order valence-corrected chi connectivity index (χ1v) is 7.77. The van der Waals surface area contributed by atoms with Gasteiger partial charge in [-0.25, -0.2) is 14.8 Å². The molecule has 122 valence electrons. The van der Waals surface area contributed by atoms with Crippen LogP contribution in [-0.4, -0.2) is 27.7 Å². The molecule has 2 amide bonds. The van der Waals surface area contributed by atoms with Crippen molar-refractivity contribution < 1.29 is 9.90 Å². The molecule has 1 heterocycles. The molecule has 6 nitrogen and oxygen atoms in total. The van der Waals surface area contributed by atoms with Crippen molar-refractivity contribution in [2.45, 2.75) is 32.2 Å². The summed E-state index contributed by atoms with van der Waals surface area (Å²) < 4.78 is 0. The predicted octanol–water partition coefficient (Wildman–Crippen LogP) is 2.67. The van der Waals surface area contributed by atoms with Gasteiger partial charge in [-0.05, 0) is 18.4 Å². The lowest BCUT2D eigenvalue weighted by Gasteiger charge is -2.19. The minimum Gasteiger partial charge on any atom is -0.396 e. The van der Waals surface area contributed by atoms with Crippen molar-refractivity contribution in [1.82, 2.24) is 15.3 Å². The molecular formula is C17H22N4O2. The third kappa shape index (κ3) is 5.34. The van der Waals surface area contributed by atoms with Crippen LogP contribution < -0.4 is 10.6 Å². The average molecular weight is 314 g/mol. The van der Waals surface area contributed by atoms with Gasteiger partial charge in [-0.1, -0.05) is 37.3 Å². The highest BCUT2D eigenvalue weighted by Gasteiger charge is 2.14. The molecule has 0 radical (unpaired) electrons. The number of aliphatic hydroxyl groups excluding tert-OH is 1. The molecule has 1 unspecified atom stereocenters. The zero-order chi connectivity index (χ0) is 16.5. The van der Waals surface area contributed by atoms with Crippen LogP contribution in [0.15, 0.2) is 42.7 Å². The summed E-state index contributed by atoms with van der Waals surface area (Å²) in [4.78, 5) is 20.5. The van der Waals surface area contributed by atoms with Crippen molar-refractivity contribution in [2.75, 3.05) is 11.9 Å². The van der Waals surface area contributed by atoms with Gasteiger partial charge in [0, 0.05) is 13.0 Å². The largest absolute Gasteiger partial charge is 0.396 e. The third-order valence-corrected chi connectivity index (χ3v) is 3.44. The molecule has 1 aromatic carbocycles. The molecule has 2 rings (SSSR count). The molecule has 0 aliphatic carbocycles. The summed E-state index contributed by atoms with van der Waals surface area (Å²) in [5, 5.41) is 14.7. The Labute approximate surface area is 136 Å². The van der Waals surface area contributed by atoms with Crippen LogP contribution in [0.4, 0.5) is 10.5 Å². The van der Waals surface area contributed by atoms with E-state index in [0.29, 0.717) is 18.5 Å². The van der Waals surface area contributed by atoms with Crippen molar-refractivity contribution in [3.05, 3.63) is 54.1 Å². The van der Waals surface area contributed by atoms with E-state index in [1.54, 1.807) is 12.4 Å². The Hall–Kier alpha value is -2.47. The number of nitrogens with zero attached hydrogens (tertiary/aromatic N) is 2. The van der Waals surface area contributed by atoms with E-state index in [-0.39, 0.29) is 18.7 Å². The fraction of sp³-hybridized carbons (Fsp3) is 0.353. The second-order valence-electron chi connectivity index (χ2n) is 5.17. The quantitative estimate of drug-likeness (QED) is 0.733. The van der Waals surface area contributed by atoms with Crippen LogP contribution in [0.1, 0.15) is 37.2 Å². The van der Waals surface area contributed by atoms with Gasteiger partial charge in [0.1, 0.15) is 5.82 Å². The summed E-state index contributed by atoms with van der Waals surface area (Å²) in [7, 11) is 0. The number of benzene rings is 1. The third-order valence-electron chi connectivity index (χ3n) is 3.44. The molecule has 0 aliphatic heterocycles. The Morgan fingerprint density at radius 2 is 1.91 bits per heavy atom. The summed E-state index contributed by atoms with van der Waals surface area (Å²) in [6.45, 7) is 2.07. The molecule has 0 fully saturated rings. The minimum atomic E-state index is -0.315. The molecular weight excluding hydrogens is 292 g/mol. The molecule has 0 bridgehead atoms. The van der Waals surface area contributed by atoms with Crippen LogP contribution in [-0.2, 0) is 6.42 Å². The van der Waals surface area contributed by atoms with Crippen molar-refractivity contribution in [3.63, 3.8) is 0 Å². The maximum absolute atomic E-state index is 12.2. The van der Waals surface area contributed by atoms with Crippen molar-refractivity contribution in [3.8, 4) is 0 Å². The Kier molecular flexibility index (Phi) is 6.50. The smallest absolute Gasteiger partial charge is 0.319 e. The van der Waals surface area contributed by atoms with E-state index in [1.807, 2.05) is 37.3 Å². The number of anilines is 1. The lowest BCUT2D eigenvalue weighted by atomic mass is 10.0. The Morgan fingerprint density at radius 3 is 2.52 bits per heavy atom. The van der Waals surface area contributed by atoms with E-state index in [9.17, 15) is 4.79 Å². The Bertz CT molecular complexity index is 602. The Balaban J connectivity index is 1.98. The van der Waals surface area contributed by atoms with Gasteiger partial charge in [0.2, 0.25) is 0 Å². The van der Waals surface area contributed by atoms with Crippen LogP contribution in [0.5, 0.6) is 0 Å². The van der Waals surface area contributed by atoms with Gasteiger partial charge in [0.15, 0.2) is 0 Å². The SMILES string of the molecule is CCc1ncc(NC(=O)NC(CCCO)c2ccccc2)cn1. The zero-order valence-electron chi connectivity index (χ0n) is 13.2. The number of hydrogen-bond acceptors (Lipinski definition) is 4. The van der Waals surface area contributed by atoms with E-state index in [1.165, 1.54) is 0 Å². The van der Waals surface area contributed by atoms with E-state index < -0.39 is 0 Å². The normalized spacial score (nSPS) is 11.7. The average Bonchev–Trinajstić information content (AvgIpc) is 2.60. The number of rotatable bonds is 7. The number of hydrogen-bond donors (Lipinski definition) is 3. The number of carbonyl (C=O) groups is 1. The number of aromatic nitrogens is 2. The molecule has 3 N–H and O–H groups in total. The first-order valence-electron chi connectivity index (χ1n) is 7.77. The van der Waals surface area contributed by atoms with Gasteiger partial charge in [-0.2, -0.15) is 0 Å². The number of amides is 2.